The second kappa shape index (κ2) is 5.83. The Morgan fingerprint density at radius 3 is 2.70 bits per heavy atom. The van der Waals surface area contributed by atoms with Crippen LogP contribution >= 0.6 is 11.8 Å². The summed E-state index contributed by atoms with van der Waals surface area (Å²) in [5, 5.41) is 3.21. The first-order valence-corrected chi connectivity index (χ1v) is 8.00. The van der Waals surface area contributed by atoms with Gasteiger partial charge in [-0.05, 0) is 38.3 Å². The van der Waals surface area contributed by atoms with E-state index in [1.165, 1.54) is 28.1 Å². The van der Waals surface area contributed by atoms with Crippen molar-refractivity contribution in [2.24, 2.45) is 0 Å². The van der Waals surface area contributed by atoms with Crippen LogP contribution in [0.3, 0.4) is 0 Å². The fraction of sp³-hybridized carbons (Fsp3) is 0.375. The molecule has 2 aromatic rings. The minimum atomic E-state index is 0.824. The molecule has 1 aromatic carbocycles. The predicted octanol–water partition coefficient (Wildman–Crippen LogP) is 3.61. The summed E-state index contributed by atoms with van der Waals surface area (Å²) < 4.78 is 0. The number of anilines is 1. The van der Waals surface area contributed by atoms with E-state index in [4.69, 9.17) is 4.98 Å². The molecule has 0 bridgehead atoms. The van der Waals surface area contributed by atoms with Crippen molar-refractivity contribution in [1.82, 2.24) is 9.97 Å². The number of nitrogens with one attached hydrogen (secondary N) is 1. The number of aryl methyl sites for hydroxylation is 2. The molecule has 1 N–H and O–H groups in total. The lowest BCUT2D eigenvalue weighted by Crippen LogP contribution is -2.05. The monoisotopic (exact) mass is 285 g/mol. The normalized spacial score (nSPS) is 13.3. The summed E-state index contributed by atoms with van der Waals surface area (Å²) in [5.41, 5.74) is 3.85. The third-order valence-corrected chi connectivity index (χ3v) is 4.61. The van der Waals surface area contributed by atoms with Crippen molar-refractivity contribution in [2.45, 2.75) is 36.8 Å². The zero-order valence-electron chi connectivity index (χ0n) is 11.9. The molecule has 0 aliphatic heterocycles. The van der Waals surface area contributed by atoms with E-state index in [1.807, 2.05) is 7.05 Å². The first kappa shape index (κ1) is 13.4. The zero-order valence-corrected chi connectivity index (χ0v) is 12.8. The van der Waals surface area contributed by atoms with Crippen molar-refractivity contribution in [2.75, 3.05) is 12.4 Å². The van der Waals surface area contributed by atoms with Crippen molar-refractivity contribution in [3.8, 4) is 0 Å². The van der Waals surface area contributed by atoms with E-state index in [2.05, 4.69) is 41.5 Å². The van der Waals surface area contributed by atoms with E-state index >= 15 is 0 Å². The molecule has 1 aromatic heterocycles. The molecular formula is C16H19N3S. The molecule has 3 rings (SSSR count). The highest BCUT2D eigenvalue weighted by molar-refractivity contribution is 7.98. The van der Waals surface area contributed by atoms with Gasteiger partial charge in [-0.25, -0.2) is 9.97 Å². The lowest BCUT2D eigenvalue weighted by atomic mass is 10.2. The molecule has 0 atom stereocenters. The van der Waals surface area contributed by atoms with Gasteiger partial charge in [0.2, 0.25) is 0 Å². The van der Waals surface area contributed by atoms with Crippen molar-refractivity contribution in [1.29, 1.82) is 0 Å². The average Bonchev–Trinajstić information content (AvgIpc) is 2.94. The largest absolute Gasteiger partial charge is 0.373 e. The van der Waals surface area contributed by atoms with Crippen LogP contribution in [0.2, 0.25) is 0 Å². The number of benzene rings is 1. The highest BCUT2D eigenvalue weighted by atomic mass is 32.2. The third kappa shape index (κ3) is 2.80. The smallest absolute Gasteiger partial charge is 0.141 e. The lowest BCUT2D eigenvalue weighted by molar-refractivity contribution is 0.893. The topological polar surface area (TPSA) is 37.8 Å². The Hall–Kier alpha value is -1.55. The molecule has 0 fully saturated rings. The quantitative estimate of drug-likeness (QED) is 0.871. The van der Waals surface area contributed by atoms with E-state index in [0.29, 0.717) is 0 Å². The van der Waals surface area contributed by atoms with Crippen LogP contribution in [-0.2, 0) is 18.6 Å². The first-order chi connectivity index (χ1) is 9.76. The summed E-state index contributed by atoms with van der Waals surface area (Å²) in [5.74, 6) is 2.78. The molecule has 4 heteroatoms. The highest BCUT2D eigenvalue weighted by Crippen LogP contribution is 2.28. The third-order valence-electron chi connectivity index (χ3n) is 3.61. The van der Waals surface area contributed by atoms with Gasteiger partial charge in [0.25, 0.3) is 0 Å². The fourth-order valence-corrected chi connectivity index (χ4v) is 3.29. The number of aromatic nitrogens is 2. The molecule has 104 valence electrons. The van der Waals surface area contributed by atoms with Gasteiger partial charge < -0.3 is 5.32 Å². The molecule has 0 saturated carbocycles. The maximum atomic E-state index is 4.72. The van der Waals surface area contributed by atoms with Crippen LogP contribution in [0.25, 0.3) is 0 Å². The number of nitrogens with zero attached hydrogens (tertiary/aromatic N) is 2. The number of thioether (sulfide) groups is 1. The SMILES string of the molecule is CNc1nc(CSc2ccc(C)cc2)nc2c1CCC2. The van der Waals surface area contributed by atoms with Crippen LogP contribution in [0.4, 0.5) is 5.82 Å². The summed E-state index contributed by atoms with van der Waals surface area (Å²) in [6, 6.07) is 8.61. The van der Waals surface area contributed by atoms with Gasteiger partial charge in [-0.15, -0.1) is 11.8 Å². The van der Waals surface area contributed by atoms with Crippen LogP contribution in [0.15, 0.2) is 29.2 Å². The summed E-state index contributed by atoms with van der Waals surface area (Å²) >= 11 is 1.79. The maximum Gasteiger partial charge on any atom is 0.141 e. The molecule has 0 amide bonds. The molecule has 1 aliphatic rings. The number of fused-ring (bicyclic) bond motifs is 1. The first-order valence-electron chi connectivity index (χ1n) is 7.02. The molecule has 0 unspecified atom stereocenters. The van der Waals surface area contributed by atoms with Crippen molar-refractivity contribution in [3.05, 3.63) is 46.9 Å². The summed E-state index contributed by atoms with van der Waals surface area (Å²) in [6.45, 7) is 2.11. The Labute approximate surface area is 124 Å². The van der Waals surface area contributed by atoms with E-state index in [0.717, 1.165) is 30.2 Å². The molecule has 3 nitrogen and oxygen atoms in total. The second-order valence-corrected chi connectivity index (χ2v) is 6.17. The molecular weight excluding hydrogens is 266 g/mol. The van der Waals surface area contributed by atoms with Crippen molar-refractivity contribution in [3.63, 3.8) is 0 Å². The molecule has 20 heavy (non-hydrogen) atoms. The van der Waals surface area contributed by atoms with Crippen molar-refractivity contribution >= 4 is 17.6 Å². The fourth-order valence-electron chi connectivity index (χ4n) is 2.54. The Morgan fingerprint density at radius 1 is 1.15 bits per heavy atom. The Kier molecular flexibility index (Phi) is 3.92. The lowest BCUT2D eigenvalue weighted by Gasteiger charge is -2.09. The number of hydrogen-bond acceptors (Lipinski definition) is 4. The maximum absolute atomic E-state index is 4.72. The Balaban J connectivity index is 1.76. The average molecular weight is 285 g/mol. The van der Waals surface area contributed by atoms with E-state index in [9.17, 15) is 0 Å². The van der Waals surface area contributed by atoms with Gasteiger partial charge in [-0.2, -0.15) is 0 Å². The van der Waals surface area contributed by atoms with E-state index < -0.39 is 0 Å². The van der Waals surface area contributed by atoms with Gasteiger partial charge in [0.1, 0.15) is 11.6 Å². The predicted molar refractivity (Wildman–Crippen MR) is 84.3 cm³/mol. The molecule has 0 radical (unpaired) electrons. The molecule has 1 aliphatic carbocycles. The Morgan fingerprint density at radius 2 is 1.95 bits per heavy atom. The molecule has 0 saturated heterocycles. The van der Waals surface area contributed by atoms with Crippen LogP contribution in [0.5, 0.6) is 0 Å². The van der Waals surface area contributed by atoms with Crippen molar-refractivity contribution < 1.29 is 0 Å². The summed E-state index contributed by atoms with van der Waals surface area (Å²) in [6.07, 6.45) is 3.40. The molecule has 0 spiro atoms. The standard InChI is InChI=1S/C16H19N3S/c1-11-6-8-12(9-7-11)20-10-15-18-14-5-3-4-13(14)16(17-2)19-15/h6-9H,3-5,10H2,1-2H3,(H,17,18,19). The Bertz CT molecular complexity index is 608. The summed E-state index contributed by atoms with van der Waals surface area (Å²) in [4.78, 5) is 10.6. The van der Waals surface area contributed by atoms with Gasteiger partial charge in [-0.3, -0.25) is 0 Å². The number of hydrogen-bond donors (Lipinski definition) is 1. The van der Waals surface area contributed by atoms with Gasteiger partial charge in [0.05, 0.1) is 5.75 Å². The second-order valence-electron chi connectivity index (χ2n) is 5.12. The van der Waals surface area contributed by atoms with Gasteiger partial charge in [0.15, 0.2) is 0 Å². The van der Waals surface area contributed by atoms with Crippen LogP contribution in [0.1, 0.15) is 29.1 Å². The highest BCUT2D eigenvalue weighted by Gasteiger charge is 2.18. The van der Waals surface area contributed by atoms with Crippen LogP contribution in [0, 0.1) is 6.92 Å². The van der Waals surface area contributed by atoms with E-state index in [1.54, 1.807) is 11.8 Å². The van der Waals surface area contributed by atoms with Gasteiger partial charge in [0, 0.05) is 23.2 Å². The minimum absolute atomic E-state index is 0.824. The summed E-state index contributed by atoms with van der Waals surface area (Å²) in [7, 11) is 1.94. The number of rotatable bonds is 4. The molecule has 1 heterocycles. The zero-order chi connectivity index (χ0) is 13.9. The van der Waals surface area contributed by atoms with Crippen LogP contribution in [-0.4, -0.2) is 17.0 Å². The van der Waals surface area contributed by atoms with E-state index in [-0.39, 0.29) is 0 Å². The van der Waals surface area contributed by atoms with Gasteiger partial charge in [-0.1, -0.05) is 17.7 Å². The van der Waals surface area contributed by atoms with Crippen LogP contribution < -0.4 is 5.32 Å². The minimum Gasteiger partial charge on any atom is -0.373 e. The van der Waals surface area contributed by atoms with Gasteiger partial charge >= 0.3 is 0 Å².